The number of carbonyl (C=O) groups is 1. The Morgan fingerprint density at radius 1 is 1.12 bits per heavy atom. The molecule has 0 aliphatic carbocycles. The summed E-state index contributed by atoms with van der Waals surface area (Å²) in [5, 5.41) is 10.7. The number of ether oxygens (including phenoxy) is 2. The lowest BCUT2D eigenvalue weighted by atomic mass is 10.1. The summed E-state index contributed by atoms with van der Waals surface area (Å²) in [5.41, 5.74) is 0. The molecule has 0 amide bonds. The summed E-state index contributed by atoms with van der Waals surface area (Å²) in [6.45, 7) is 1.23. The summed E-state index contributed by atoms with van der Waals surface area (Å²) in [7, 11) is -5.35. The molecule has 10 heteroatoms. The number of alkyl halides is 2. The van der Waals surface area contributed by atoms with Gasteiger partial charge < -0.3 is 18.8 Å². The van der Waals surface area contributed by atoms with Crippen LogP contribution in [0, 0.1) is 0 Å². The monoisotopic (exact) mass is 362 g/mol. The zero-order valence-corrected chi connectivity index (χ0v) is 13.0. The number of aromatic hydroxyl groups is 1. The van der Waals surface area contributed by atoms with E-state index in [4.69, 9.17) is 4.74 Å². The van der Waals surface area contributed by atoms with Crippen molar-refractivity contribution in [1.29, 1.82) is 0 Å². The van der Waals surface area contributed by atoms with E-state index in [2.05, 4.69) is 8.92 Å². The van der Waals surface area contributed by atoms with Crippen LogP contribution in [-0.4, -0.2) is 31.7 Å². The molecule has 0 heterocycles. The highest BCUT2D eigenvalue weighted by atomic mass is 32.2. The highest BCUT2D eigenvalue weighted by Gasteiger charge is 2.30. The predicted octanol–water partition coefficient (Wildman–Crippen LogP) is 2.98. The van der Waals surface area contributed by atoms with Crippen LogP contribution in [0.15, 0.2) is 36.4 Å². The molecule has 2 aromatic carbocycles. The van der Waals surface area contributed by atoms with Crippen LogP contribution in [-0.2, 0) is 19.0 Å². The van der Waals surface area contributed by atoms with E-state index in [1.807, 2.05) is 0 Å². The third kappa shape index (κ3) is 4.02. The molecule has 24 heavy (non-hydrogen) atoms. The Labute approximate surface area is 135 Å². The summed E-state index contributed by atoms with van der Waals surface area (Å²) in [5.74, 6) is -3.64. The van der Waals surface area contributed by atoms with E-state index < -0.39 is 28.3 Å². The number of hydrogen-bond donors (Lipinski definition) is 1. The summed E-state index contributed by atoms with van der Waals surface area (Å²) in [6, 6.07) is 9.40. The Kier molecular flexibility index (Phi) is 5.07. The van der Waals surface area contributed by atoms with Crippen molar-refractivity contribution in [1.82, 2.24) is 0 Å². The number of benzene rings is 2. The van der Waals surface area contributed by atoms with E-state index in [1.54, 1.807) is 24.3 Å². The number of halogens is 2. The van der Waals surface area contributed by atoms with E-state index >= 15 is 0 Å². The molecule has 0 aliphatic rings. The third-order valence-corrected chi connectivity index (χ3v) is 3.62. The molecule has 0 saturated carbocycles. The molecule has 0 aromatic heterocycles. The maximum absolute atomic E-state index is 12.1. The first-order valence-corrected chi connectivity index (χ1v) is 7.97. The summed E-state index contributed by atoms with van der Waals surface area (Å²) >= 11 is 0. The van der Waals surface area contributed by atoms with Crippen molar-refractivity contribution in [3.05, 3.63) is 36.4 Å². The van der Waals surface area contributed by atoms with Gasteiger partial charge in [0.1, 0.15) is 11.5 Å². The lowest BCUT2D eigenvalue weighted by molar-refractivity contribution is -0.0361. The minimum absolute atomic E-state index is 0.00829. The number of fused-ring (bicyclic) bond motifs is 1. The van der Waals surface area contributed by atoms with Crippen LogP contribution in [0.5, 0.6) is 11.5 Å². The fourth-order valence-electron chi connectivity index (χ4n) is 1.86. The number of phenolic OH excluding ortho intramolecular Hbond substituents is 1. The van der Waals surface area contributed by atoms with Gasteiger partial charge in [0.15, 0.2) is 0 Å². The lowest BCUT2D eigenvalue weighted by Gasteiger charge is -2.16. The van der Waals surface area contributed by atoms with E-state index in [9.17, 15) is 27.1 Å². The quantitative estimate of drug-likeness (QED) is 0.496. The molecule has 0 aliphatic heterocycles. The molecule has 0 bridgehead atoms. The minimum atomic E-state index is -5.35. The Balaban J connectivity index is 2.09. The Morgan fingerprint density at radius 3 is 2.42 bits per heavy atom. The van der Waals surface area contributed by atoms with Gasteiger partial charge >= 0.3 is 22.0 Å². The number of phenols is 1. The molecule has 1 atom stereocenters. The van der Waals surface area contributed by atoms with Gasteiger partial charge in [-0.05, 0) is 12.1 Å². The molecule has 0 radical (unpaired) electrons. The van der Waals surface area contributed by atoms with Crippen molar-refractivity contribution in [2.75, 3.05) is 0 Å². The molecule has 2 aromatic rings. The van der Waals surface area contributed by atoms with Crippen LogP contribution in [0.3, 0.4) is 0 Å². The Hall–Kier alpha value is -2.62. The first-order chi connectivity index (χ1) is 11.2. The second kappa shape index (κ2) is 6.87. The zero-order chi connectivity index (χ0) is 17.9. The van der Waals surface area contributed by atoms with E-state index in [-0.39, 0.29) is 11.5 Å². The minimum Gasteiger partial charge on any atom is -0.507 e. The highest BCUT2D eigenvalue weighted by Crippen LogP contribution is 2.31. The molecule has 1 unspecified atom stereocenters. The van der Waals surface area contributed by atoms with Gasteiger partial charge in [0.25, 0.3) is 0 Å². The fourth-order valence-corrected chi connectivity index (χ4v) is 2.16. The van der Waals surface area contributed by atoms with Crippen LogP contribution >= 0.6 is 0 Å². The molecule has 2 rings (SSSR count). The number of carbonyl (C=O) groups excluding carboxylic acids is 1. The largest absolute Gasteiger partial charge is 0.527 e. The molecule has 0 spiro atoms. The SMILES string of the molecule is CC(OC(=O)OS(=O)(=O)C(F)F)Oc1cccc2c(O)cccc12. The van der Waals surface area contributed by atoms with Gasteiger partial charge in [-0.25, -0.2) is 4.79 Å². The van der Waals surface area contributed by atoms with Crippen LogP contribution in [0.2, 0.25) is 0 Å². The van der Waals surface area contributed by atoms with Crippen molar-refractivity contribution >= 4 is 27.0 Å². The van der Waals surface area contributed by atoms with Crippen molar-refractivity contribution in [3.63, 3.8) is 0 Å². The second-order valence-corrected chi connectivity index (χ2v) is 6.03. The topological polar surface area (TPSA) is 99.1 Å². The number of hydrogen-bond acceptors (Lipinski definition) is 7. The van der Waals surface area contributed by atoms with Gasteiger partial charge in [-0.1, -0.05) is 24.3 Å². The average Bonchev–Trinajstić information content (AvgIpc) is 2.47. The second-order valence-electron chi connectivity index (χ2n) is 4.52. The summed E-state index contributed by atoms with van der Waals surface area (Å²) < 4.78 is 59.0. The average molecular weight is 362 g/mol. The molecule has 0 fully saturated rings. The Morgan fingerprint density at radius 2 is 1.75 bits per heavy atom. The molecule has 1 N–H and O–H groups in total. The Bertz CT molecular complexity index is 851. The zero-order valence-electron chi connectivity index (χ0n) is 12.2. The predicted molar refractivity (Wildman–Crippen MR) is 78.2 cm³/mol. The summed E-state index contributed by atoms with van der Waals surface area (Å²) in [4.78, 5) is 11.2. The van der Waals surface area contributed by atoms with E-state index in [0.717, 1.165) is 0 Å². The van der Waals surface area contributed by atoms with Crippen molar-refractivity contribution in [2.24, 2.45) is 0 Å². The van der Waals surface area contributed by atoms with Crippen LogP contribution in [0.1, 0.15) is 6.92 Å². The van der Waals surface area contributed by atoms with Crippen LogP contribution in [0.25, 0.3) is 10.8 Å². The fraction of sp³-hybridized carbons (Fsp3) is 0.214. The van der Waals surface area contributed by atoms with Crippen molar-refractivity contribution in [3.8, 4) is 11.5 Å². The number of rotatable bonds is 5. The standard InChI is InChI=1S/C14H12F2O7S/c1-8(22-14(18)23-24(19,20)13(15)16)21-12-7-3-4-9-10(12)5-2-6-11(9)17/h2-8,13,17H,1H3. The van der Waals surface area contributed by atoms with Gasteiger partial charge in [0, 0.05) is 17.7 Å². The first-order valence-electron chi connectivity index (χ1n) is 6.50. The van der Waals surface area contributed by atoms with Crippen LogP contribution < -0.4 is 4.74 Å². The van der Waals surface area contributed by atoms with Gasteiger partial charge in [-0.15, -0.1) is 0 Å². The van der Waals surface area contributed by atoms with Gasteiger partial charge in [0.2, 0.25) is 6.29 Å². The smallest absolute Gasteiger partial charge is 0.507 e. The normalized spacial score (nSPS) is 12.8. The summed E-state index contributed by atoms with van der Waals surface area (Å²) in [6.07, 6.45) is -3.18. The third-order valence-electron chi connectivity index (χ3n) is 2.82. The molecular formula is C14H12F2O7S. The van der Waals surface area contributed by atoms with Crippen molar-refractivity contribution < 1.29 is 40.8 Å². The highest BCUT2D eigenvalue weighted by molar-refractivity contribution is 7.87. The van der Waals surface area contributed by atoms with Crippen molar-refractivity contribution in [2.45, 2.75) is 19.0 Å². The van der Waals surface area contributed by atoms with Crippen LogP contribution in [0.4, 0.5) is 13.6 Å². The molecule has 7 nitrogen and oxygen atoms in total. The maximum atomic E-state index is 12.1. The molecule has 0 saturated heterocycles. The van der Waals surface area contributed by atoms with Gasteiger partial charge in [-0.3, -0.25) is 0 Å². The van der Waals surface area contributed by atoms with Gasteiger partial charge in [0.05, 0.1) is 0 Å². The van der Waals surface area contributed by atoms with E-state index in [1.165, 1.54) is 19.1 Å². The first kappa shape index (κ1) is 17.7. The van der Waals surface area contributed by atoms with Gasteiger partial charge in [-0.2, -0.15) is 17.2 Å². The molecular weight excluding hydrogens is 350 g/mol. The lowest BCUT2D eigenvalue weighted by Crippen LogP contribution is -2.25. The molecule has 130 valence electrons. The van der Waals surface area contributed by atoms with E-state index in [0.29, 0.717) is 10.8 Å². The maximum Gasteiger partial charge on any atom is 0.527 e.